The molecule has 14 heavy (non-hydrogen) atoms. The molecule has 0 radical (unpaired) electrons. The van der Waals surface area contributed by atoms with Crippen molar-refractivity contribution in [1.82, 2.24) is 0 Å². The highest BCUT2D eigenvalue weighted by Gasteiger charge is 2.15. The Kier molecular flexibility index (Phi) is 1.11. The molecule has 0 unspecified atom stereocenters. The van der Waals surface area contributed by atoms with Crippen LogP contribution in [0.25, 0.3) is 0 Å². The summed E-state index contributed by atoms with van der Waals surface area (Å²) >= 11 is 0. The molecule has 1 aromatic rings. The van der Waals surface area contributed by atoms with Gasteiger partial charge in [0.05, 0.1) is 0 Å². The Morgan fingerprint density at radius 2 is 2.00 bits per heavy atom. The van der Waals surface area contributed by atoms with Crippen LogP contribution in [0.5, 0.6) is 0 Å². The maximum absolute atomic E-state index is 9.16. The van der Waals surface area contributed by atoms with E-state index >= 15 is 0 Å². The Bertz CT molecular complexity index is 568. The van der Waals surface area contributed by atoms with Gasteiger partial charge in [0.2, 0.25) is 0 Å². The van der Waals surface area contributed by atoms with E-state index in [-0.39, 0.29) is 11.2 Å². The first kappa shape index (κ1) is 3.87. The molecule has 1 aliphatic rings. The second-order valence-electron chi connectivity index (χ2n) is 2.78. The summed E-state index contributed by atoms with van der Waals surface area (Å²) in [6.45, 7) is -5.97. The third-order valence-electron chi connectivity index (χ3n) is 1.82. The van der Waals surface area contributed by atoms with Crippen LogP contribution in [0.15, 0.2) is 24.3 Å². The first-order chi connectivity index (χ1) is 9.78. The van der Waals surface area contributed by atoms with Crippen LogP contribution >= 0.6 is 0 Å². The first-order valence-corrected chi connectivity index (χ1v) is 4.05. The molecule has 0 amide bonds. The van der Waals surface area contributed by atoms with Gasteiger partial charge in [-0.25, -0.2) is 0 Å². The van der Waals surface area contributed by atoms with E-state index in [4.69, 9.17) is 21.0 Å². The highest BCUT2D eigenvalue weighted by molar-refractivity contribution is 6.58. The molecule has 1 fully saturated rings. The molecule has 0 atom stereocenters. The Morgan fingerprint density at radius 1 is 1.29 bits per heavy atom. The van der Waals surface area contributed by atoms with Crippen LogP contribution in [0.2, 0.25) is 0 Å². The van der Waals surface area contributed by atoms with E-state index in [0.29, 0.717) is 4.90 Å². The van der Waals surface area contributed by atoms with E-state index in [0.717, 1.165) is 6.07 Å². The minimum atomic E-state index is -3.13. The highest BCUT2D eigenvalue weighted by atomic mass is 16.4. The van der Waals surface area contributed by atoms with Gasteiger partial charge in [0.25, 0.3) is 0 Å². The average Bonchev–Trinajstić information content (AvgIpc) is 2.43. The van der Waals surface area contributed by atoms with Gasteiger partial charge in [-0.2, -0.15) is 0 Å². The van der Waals surface area contributed by atoms with Crippen LogP contribution in [-0.4, -0.2) is 30.2 Å². The van der Waals surface area contributed by atoms with Crippen molar-refractivity contribution in [2.24, 2.45) is 0 Å². The van der Waals surface area contributed by atoms with E-state index in [9.17, 15) is 0 Å². The molecule has 2 rings (SSSR count). The first-order valence-electron chi connectivity index (χ1n) is 8.05. The van der Waals surface area contributed by atoms with E-state index < -0.39 is 32.9 Å². The second kappa shape index (κ2) is 4.03. The van der Waals surface area contributed by atoms with Crippen LogP contribution in [0, 0.1) is 0 Å². The van der Waals surface area contributed by atoms with Crippen molar-refractivity contribution in [3.8, 4) is 0 Å². The van der Waals surface area contributed by atoms with Crippen molar-refractivity contribution >= 4 is 18.3 Å². The fourth-order valence-electron chi connectivity index (χ4n) is 1.15. The van der Waals surface area contributed by atoms with E-state index in [1.165, 1.54) is 18.2 Å². The quantitative estimate of drug-likeness (QED) is 0.657. The third kappa shape index (κ3) is 1.91. The van der Waals surface area contributed by atoms with Gasteiger partial charge < -0.3 is 14.9 Å². The summed E-state index contributed by atoms with van der Waals surface area (Å²) in [5.74, 6) is 0. The summed E-state index contributed by atoms with van der Waals surface area (Å²) in [5.41, 5.74) is -0.233. The molecule has 1 aromatic carbocycles. The Hall–Kier alpha value is -0.995. The number of nitrogens with zero attached hydrogens (tertiary/aromatic N) is 1. The predicted molar refractivity (Wildman–Crippen MR) is 57.7 cm³/mol. The summed E-state index contributed by atoms with van der Waals surface area (Å²) in [6, 6.07) is 4.97. The Balaban J connectivity index is 2.66. The minimum absolute atomic E-state index is 0.0443. The minimum Gasteiger partial charge on any atom is -0.423 e. The van der Waals surface area contributed by atoms with Crippen LogP contribution in [-0.2, 0) is 0 Å². The largest absolute Gasteiger partial charge is 0.488 e. The molecule has 4 heteroatoms. The zero-order valence-corrected chi connectivity index (χ0v) is 7.23. The summed E-state index contributed by atoms with van der Waals surface area (Å²) in [5, 5.41) is 18.3. The van der Waals surface area contributed by atoms with Gasteiger partial charge >= 0.3 is 7.12 Å². The molecule has 0 spiro atoms. The fourth-order valence-corrected chi connectivity index (χ4v) is 1.15. The van der Waals surface area contributed by atoms with Crippen LogP contribution in [0.1, 0.15) is 23.7 Å². The molecule has 2 N–H and O–H groups in total. The maximum Gasteiger partial charge on any atom is 0.488 e. The van der Waals surface area contributed by atoms with Crippen LogP contribution in [0.4, 0.5) is 5.69 Å². The lowest BCUT2D eigenvalue weighted by Gasteiger charge is -2.18. The standard InChI is InChI=1S/C10H14BNO2/c13-11(14)9-4-3-5-10(8-9)12-6-1-2-7-12/h3-5,8,13-14H,1-2,6-7H2/i1D2,2D2,6D2,7D2. The van der Waals surface area contributed by atoms with Crippen molar-refractivity contribution in [3.63, 3.8) is 0 Å². The third-order valence-corrected chi connectivity index (χ3v) is 1.82. The van der Waals surface area contributed by atoms with Gasteiger partial charge in [-0.1, -0.05) is 12.1 Å². The molecule has 0 saturated carbocycles. The second-order valence-corrected chi connectivity index (χ2v) is 2.78. The summed E-state index contributed by atoms with van der Waals surface area (Å²) in [4.78, 5) is 0.367. The van der Waals surface area contributed by atoms with Crippen molar-refractivity contribution in [3.05, 3.63) is 24.3 Å². The molecule has 0 aromatic heterocycles. The number of rotatable bonds is 2. The highest BCUT2D eigenvalue weighted by Crippen LogP contribution is 2.18. The van der Waals surface area contributed by atoms with Crippen molar-refractivity contribution in [2.45, 2.75) is 12.7 Å². The lowest BCUT2D eigenvalue weighted by molar-refractivity contribution is 0.426. The smallest absolute Gasteiger partial charge is 0.423 e. The van der Waals surface area contributed by atoms with E-state index in [2.05, 4.69) is 0 Å². The zero-order valence-electron chi connectivity index (χ0n) is 15.2. The normalized spacial score (nSPS) is 38.9. The van der Waals surface area contributed by atoms with E-state index in [1.807, 2.05) is 0 Å². The van der Waals surface area contributed by atoms with E-state index in [1.54, 1.807) is 0 Å². The molecule has 1 heterocycles. The number of anilines is 1. The van der Waals surface area contributed by atoms with Gasteiger partial charge in [0, 0.05) is 29.6 Å². The molecule has 3 nitrogen and oxygen atoms in total. The molecule has 1 aliphatic heterocycles. The van der Waals surface area contributed by atoms with Gasteiger partial charge in [-0.15, -0.1) is 0 Å². The van der Waals surface area contributed by atoms with Gasteiger partial charge in [-0.3, -0.25) is 0 Å². The molecular formula is C10H14BNO2. The van der Waals surface area contributed by atoms with Crippen molar-refractivity contribution in [2.75, 3.05) is 17.9 Å². The van der Waals surface area contributed by atoms with Crippen LogP contribution in [0.3, 0.4) is 0 Å². The lowest BCUT2D eigenvalue weighted by Crippen LogP contribution is -2.30. The van der Waals surface area contributed by atoms with Crippen molar-refractivity contribution in [1.29, 1.82) is 0 Å². The Morgan fingerprint density at radius 3 is 2.64 bits per heavy atom. The predicted octanol–water partition coefficient (Wildman–Crippen LogP) is -0.0334. The number of hydrogen-bond donors (Lipinski definition) is 2. The monoisotopic (exact) mass is 199 g/mol. The maximum atomic E-state index is 9.16. The summed E-state index contributed by atoms with van der Waals surface area (Å²) in [6.07, 6.45) is -6.26. The topological polar surface area (TPSA) is 43.7 Å². The molecule has 0 aliphatic carbocycles. The summed E-state index contributed by atoms with van der Waals surface area (Å²) in [7, 11) is -1.87. The molecular weight excluding hydrogens is 177 g/mol. The molecule has 0 bridgehead atoms. The summed E-state index contributed by atoms with van der Waals surface area (Å²) < 4.78 is 62.3. The molecule has 1 saturated heterocycles. The van der Waals surface area contributed by atoms with Gasteiger partial charge in [0.1, 0.15) is 0 Å². The van der Waals surface area contributed by atoms with Crippen LogP contribution < -0.4 is 10.4 Å². The molecule has 74 valence electrons. The fraction of sp³-hybridized carbons (Fsp3) is 0.400. The van der Waals surface area contributed by atoms with Gasteiger partial charge in [0.15, 0.2) is 0 Å². The average molecular weight is 199 g/mol. The number of benzene rings is 1. The SMILES string of the molecule is [2H]C1([2H])N(c2cccc(B(O)O)c2)C([2H])([2H])C([2H])([2H])C1([2H])[2H]. The van der Waals surface area contributed by atoms with Crippen molar-refractivity contribution < 1.29 is 21.0 Å². The van der Waals surface area contributed by atoms with Gasteiger partial charge in [-0.05, 0) is 30.3 Å². The zero-order chi connectivity index (χ0) is 17.1. The number of hydrogen-bond acceptors (Lipinski definition) is 3. The lowest BCUT2D eigenvalue weighted by atomic mass is 9.80. The Labute approximate surface area is 95.4 Å².